The Morgan fingerprint density at radius 1 is 0.222 bits per heavy atom. The van der Waals surface area contributed by atoms with Gasteiger partial charge in [0.25, 0.3) is 0 Å². The van der Waals surface area contributed by atoms with Crippen molar-refractivity contribution < 1.29 is 0 Å². The molecule has 4 saturated heterocycles. The van der Waals surface area contributed by atoms with Crippen molar-refractivity contribution in [1.29, 1.82) is 0 Å². The predicted octanol–water partition coefficient (Wildman–Crippen LogP) is 1.31. The van der Waals surface area contributed by atoms with E-state index in [1.807, 2.05) is 0 Å². The van der Waals surface area contributed by atoms with Gasteiger partial charge in [-0.1, -0.05) is 38.5 Å². The van der Waals surface area contributed by atoms with Crippen LogP contribution in [-0.4, -0.2) is 258 Å². The van der Waals surface area contributed by atoms with Crippen molar-refractivity contribution in [3.63, 3.8) is 0 Å². The molecule has 7 rings (SSSR count). The summed E-state index contributed by atoms with van der Waals surface area (Å²) in [6.07, 6.45) is 18.3. The van der Waals surface area contributed by atoms with Crippen molar-refractivity contribution in [2.45, 2.75) is 301 Å². The molecule has 90 heavy (non-hydrogen) atoms. The zero-order valence-corrected chi connectivity index (χ0v) is 61.1. The number of hydrogen-bond acceptors (Lipinski definition) is 21. The molecule has 4 heterocycles. The molecule has 3 saturated carbocycles. The van der Waals surface area contributed by atoms with Gasteiger partial charge in [0.1, 0.15) is 0 Å². The first-order valence-corrected chi connectivity index (χ1v) is 37.3. The highest BCUT2D eigenvalue weighted by molar-refractivity contribution is 5.85. The molecule has 20 atom stereocenters. The van der Waals surface area contributed by atoms with Crippen molar-refractivity contribution in [2.75, 3.05) is 137 Å². The lowest BCUT2D eigenvalue weighted by Crippen LogP contribution is -2.54. The predicted molar refractivity (Wildman–Crippen MR) is 391 cm³/mol. The van der Waals surface area contributed by atoms with E-state index in [2.05, 4.69) is 196 Å². The van der Waals surface area contributed by atoms with E-state index in [4.69, 9.17) is 5.73 Å². The first-order chi connectivity index (χ1) is 43.0. The van der Waals surface area contributed by atoms with Gasteiger partial charge in [0.05, 0.1) is 0 Å². The second-order valence-electron chi connectivity index (χ2n) is 29.3. The van der Waals surface area contributed by atoms with Crippen LogP contribution in [0.3, 0.4) is 0 Å². The fourth-order valence-corrected chi connectivity index (χ4v) is 13.2. The third kappa shape index (κ3) is 40.2. The molecule has 0 aromatic heterocycles. The van der Waals surface area contributed by atoms with E-state index in [1.54, 1.807) is 0 Å². The molecule has 0 bridgehead atoms. The van der Waals surface area contributed by atoms with Crippen LogP contribution >= 0.6 is 12.4 Å². The smallest absolute Gasteiger partial charge is 0.0221 e. The number of halogens is 1. The summed E-state index contributed by atoms with van der Waals surface area (Å²) in [6.45, 7) is 50.8. The highest BCUT2D eigenvalue weighted by Crippen LogP contribution is 2.21. The van der Waals surface area contributed by atoms with Gasteiger partial charge in [0, 0.05) is 252 Å². The maximum atomic E-state index is 5.74. The molecule has 0 aromatic rings. The Labute approximate surface area is 560 Å². The Bertz CT molecular complexity index is 1520. The normalized spacial score (nSPS) is 38.7. The van der Waals surface area contributed by atoms with Crippen LogP contribution in [-0.2, 0) is 0 Å². The van der Waals surface area contributed by atoms with Crippen LogP contribution in [0.5, 0.6) is 0 Å². The molecule has 536 valence electrons. The fourth-order valence-electron chi connectivity index (χ4n) is 13.2. The first-order valence-electron chi connectivity index (χ1n) is 37.3. The minimum absolute atomic E-state index is 0. The van der Waals surface area contributed by atoms with E-state index in [0.717, 1.165) is 150 Å². The quantitative estimate of drug-likeness (QED) is 0.190. The van der Waals surface area contributed by atoms with Crippen molar-refractivity contribution in [3.05, 3.63) is 0 Å². The van der Waals surface area contributed by atoms with Gasteiger partial charge in [0.2, 0.25) is 0 Å². The molecule has 7 fully saturated rings. The van der Waals surface area contributed by atoms with Crippen molar-refractivity contribution >= 4 is 12.4 Å². The van der Waals surface area contributed by atoms with Gasteiger partial charge in [-0.3, -0.25) is 0 Å². The summed E-state index contributed by atoms with van der Waals surface area (Å²) in [7, 11) is 0. The SMILES string of the molecule is C[C@@H]1CN[C@@H](C)CN[C@@H]2CCCC[C@H]2NCCN[C@@H](C)CN1.C[C@@H]1CN[C@@H](C)CN[C@H](C)CN[C@@H](C)CN[C@@H](C)CN1.C[C@@H]1CN[C@@H](CCCN)CN[C@@H]2CCCC[C@H]2NCCN[C@@H](C)CN1.C[C@@H]1CN[C@H](C)CN[C@@H](C)CNC2CCCCC2NCCN1.Cl. The first kappa shape index (κ1) is 83.7. The fraction of sp³-hybridized carbons (Fsp3) is 1.00. The summed E-state index contributed by atoms with van der Waals surface area (Å²) in [4.78, 5) is 0. The van der Waals surface area contributed by atoms with Gasteiger partial charge in [0.15, 0.2) is 0 Å². The third-order valence-corrected chi connectivity index (χ3v) is 19.6. The summed E-state index contributed by atoms with van der Waals surface area (Å²) in [5.74, 6) is 0. The summed E-state index contributed by atoms with van der Waals surface area (Å²) in [6, 6.07) is 10.9. The summed E-state index contributed by atoms with van der Waals surface area (Å²) < 4.78 is 0. The summed E-state index contributed by atoms with van der Waals surface area (Å²) in [5, 5.41) is 73.5. The molecule has 0 spiro atoms. The maximum absolute atomic E-state index is 5.74. The molecule has 21 nitrogen and oxygen atoms in total. The minimum atomic E-state index is 0. The largest absolute Gasteiger partial charge is 0.330 e. The molecule has 22 heteroatoms. The van der Waals surface area contributed by atoms with Crippen LogP contribution in [0, 0.1) is 0 Å². The van der Waals surface area contributed by atoms with Crippen LogP contribution in [0.1, 0.15) is 180 Å². The highest BCUT2D eigenvalue weighted by Gasteiger charge is 2.28. The lowest BCUT2D eigenvalue weighted by Gasteiger charge is -2.34. The van der Waals surface area contributed by atoms with Crippen LogP contribution in [0.25, 0.3) is 0 Å². The second kappa shape index (κ2) is 51.6. The number of nitrogens with two attached hydrogens (primary N) is 1. The second-order valence-corrected chi connectivity index (χ2v) is 29.3. The Kier molecular flexibility index (Phi) is 48.0. The zero-order chi connectivity index (χ0) is 64.4. The number of hydrogen-bond donors (Lipinski definition) is 21. The van der Waals surface area contributed by atoms with E-state index in [-0.39, 0.29) is 12.4 Å². The van der Waals surface area contributed by atoms with E-state index in [1.165, 1.54) is 77.0 Å². The van der Waals surface area contributed by atoms with E-state index >= 15 is 0 Å². The van der Waals surface area contributed by atoms with Gasteiger partial charge in [-0.25, -0.2) is 0 Å². The molecule has 0 aromatic carbocycles. The van der Waals surface area contributed by atoms with Crippen LogP contribution < -0.4 is 112 Å². The third-order valence-electron chi connectivity index (χ3n) is 19.6. The molecule has 3 aliphatic carbocycles. The molecule has 7 aliphatic rings. The van der Waals surface area contributed by atoms with Gasteiger partial charge < -0.3 is 112 Å². The molecule has 0 amide bonds. The minimum Gasteiger partial charge on any atom is -0.330 e. The van der Waals surface area contributed by atoms with E-state index in [9.17, 15) is 0 Å². The van der Waals surface area contributed by atoms with Crippen molar-refractivity contribution in [1.82, 2.24) is 106 Å². The molecule has 4 aliphatic heterocycles. The Balaban J connectivity index is 0.000000313. The molecule has 22 N–H and O–H groups in total. The Hall–Kier alpha value is -0.550. The van der Waals surface area contributed by atoms with Crippen LogP contribution in [0.15, 0.2) is 0 Å². The lowest BCUT2D eigenvalue weighted by atomic mass is 9.90. The van der Waals surface area contributed by atoms with Crippen molar-refractivity contribution in [2.24, 2.45) is 5.73 Å². The molecular weight excluding hydrogens is 1150 g/mol. The van der Waals surface area contributed by atoms with Crippen LogP contribution in [0.2, 0.25) is 0 Å². The van der Waals surface area contributed by atoms with Crippen molar-refractivity contribution in [3.8, 4) is 0 Å². The summed E-state index contributed by atoms with van der Waals surface area (Å²) in [5.41, 5.74) is 5.74. The highest BCUT2D eigenvalue weighted by atomic mass is 35.5. The van der Waals surface area contributed by atoms with Gasteiger partial charge in [-0.15, -0.1) is 12.4 Å². The Morgan fingerprint density at radius 3 is 0.633 bits per heavy atom. The molecular formula is C68H152ClN21. The average molecular weight is 1300 g/mol. The van der Waals surface area contributed by atoms with E-state index in [0.29, 0.717) is 121 Å². The average Bonchev–Trinajstić information content (AvgIpc) is 3.66. The van der Waals surface area contributed by atoms with Gasteiger partial charge >= 0.3 is 0 Å². The topological polar surface area (TPSA) is 267 Å². The number of fused-ring (bicyclic) bond motifs is 3. The van der Waals surface area contributed by atoms with E-state index < -0.39 is 0 Å². The number of nitrogens with one attached hydrogen (secondary N) is 20. The summed E-state index contributed by atoms with van der Waals surface area (Å²) >= 11 is 0. The maximum Gasteiger partial charge on any atom is 0.0221 e. The standard InChI is InChI=1S/C19H42N6.2C17H37N5.C15H35N5.ClH/c1-15-12-23-16(2)13-24-17(6-5-9-20)14-25-19-8-4-3-7-18(19)22-11-10-21-15;2*1-13-10-20-14(2)11-21-15(3)12-22-17-7-5-4-6-16(17)19-9-8-18-13;1-11-6-17-13(3)8-19-15(5)10-20-14(4)9-18-12(2)7-16-11;/h15-19,21-25H,3-14,20H2,1-2H3;2*13-22H,4-12H2,1-3H3;11-20H,6-10H2,1-5H3;1H/t15-,16+,17-,18+,19+;13-,14+,15-,16+,17+;13-,14-,15+,16?,17?;11-,12-,13+,14+,15-;/m0010./s1. The Morgan fingerprint density at radius 2 is 0.400 bits per heavy atom. The zero-order valence-electron chi connectivity index (χ0n) is 60.3. The van der Waals surface area contributed by atoms with Gasteiger partial charge in [-0.2, -0.15) is 0 Å². The lowest BCUT2D eigenvalue weighted by molar-refractivity contribution is 0.272. The molecule has 2 unspecified atom stereocenters. The number of rotatable bonds is 3. The molecule has 0 radical (unpaired) electrons. The van der Waals surface area contributed by atoms with Gasteiger partial charge in [-0.05, 0) is 148 Å². The van der Waals surface area contributed by atoms with Crippen LogP contribution in [0.4, 0.5) is 0 Å². The monoisotopic (exact) mass is 1300 g/mol.